The van der Waals surface area contributed by atoms with Crippen LogP contribution in [-0.4, -0.2) is 30.0 Å². The highest BCUT2D eigenvalue weighted by atomic mass is 16.6. The number of benzene rings is 1. The number of hydrogen-bond acceptors (Lipinski definition) is 6. The Balaban J connectivity index is 2.47. The van der Waals surface area contributed by atoms with Crippen molar-refractivity contribution in [2.24, 2.45) is 5.73 Å². The van der Waals surface area contributed by atoms with Crippen LogP contribution in [0.2, 0.25) is 0 Å². The summed E-state index contributed by atoms with van der Waals surface area (Å²) < 4.78 is 0. The first-order valence-corrected chi connectivity index (χ1v) is 6.87. The summed E-state index contributed by atoms with van der Waals surface area (Å²) >= 11 is 0. The van der Waals surface area contributed by atoms with Crippen molar-refractivity contribution in [3.63, 3.8) is 0 Å². The van der Waals surface area contributed by atoms with Gasteiger partial charge in [0, 0.05) is 18.7 Å². The van der Waals surface area contributed by atoms with Crippen molar-refractivity contribution in [3.8, 4) is 6.07 Å². The molecule has 1 aliphatic rings. The number of nitro benzene ring substituents is 1. The van der Waals surface area contributed by atoms with Crippen LogP contribution in [0.25, 0.3) is 0 Å². The lowest BCUT2D eigenvalue weighted by molar-refractivity contribution is -0.384. The average Bonchev–Trinajstić information content (AvgIpc) is 2.95. The fourth-order valence-electron chi connectivity index (χ4n) is 2.60. The molecular formula is C14H17N5O3. The second kappa shape index (κ2) is 6.09. The third-order valence-electron chi connectivity index (χ3n) is 3.78. The van der Waals surface area contributed by atoms with Crippen molar-refractivity contribution in [1.29, 1.82) is 5.26 Å². The summed E-state index contributed by atoms with van der Waals surface area (Å²) in [6.07, 6.45) is 0.581. The zero-order valence-corrected chi connectivity index (χ0v) is 12.1. The lowest BCUT2D eigenvalue weighted by Gasteiger charge is -2.31. The lowest BCUT2D eigenvalue weighted by Crippen LogP contribution is -2.52. The number of amides is 1. The Morgan fingerprint density at radius 2 is 2.36 bits per heavy atom. The predicted octanol–water partition coefficient (Wildman–Crippen LogP) is 0.118. The SMILES string of the molecule is C[C@H](N)C(=O)N[C@]1(c2ccc([N+](=O)[O-])cc2C#N)CCNC1. The van der Waals surface area contributed by atoms with Crippen LogP contribution in [0.3, 0.4) is 0 Å². The highest BCUT2D eigenvalue weighted by Crippen LogP contribution is 2.32. The molecule has 0 spiro atoms. The smallest absolute Gasteiger partial charge is 0.270 e. The number of hydrogen-bond donors (Lipinski definition) is 3. The van der Waals surface area contributed by atoms with Gasteiger partial charge in [0.1, 0.15) is 0 Å². The van der Waals surface area contributed by atoms with Crippen LogP contribution < -0.4 is 16.4 Å². The minimum Gasteiger partial charge on any atom is -0.344 e. The summed E-state index contributed by atoms with van der Waals surface area (Å²) in [4.78, 5) is 22.3. The summed E-state index contributed by atoms with van der Waals surface area (Å²) in [6.45, 7) is 2.69. The lowest BCUT2D eigenvalue weighted by atomic mass is 9.85. The fourth-order valence-corrected chi connectivity index (χ4v) is 2.60. The number of carbonyl (C=O) groups excluding carboxylic acids is 1. The molecule has 1 heterocycles. The van der Waals surface area contributed by atoms with E-state index in [1.165, 1.54) is 18.2 Å². The van der Waals surface area contributed by atoms with Crippen LogP contribution in [0, 0.1) is 21.4 Å². The van der Waals surface area contributed by atoms with Gasteiger partial charge in [-0.15, -0.1) is 0 Å². The van der Waals surface area contributed by atoms with Crippen LogP contribution in [0.4, 0.5) is 5.69 Å². The Morgan fingerprint density at radius 1 is 1.64 bits per heavy atom. The van der Waals surface area contributed by atoms with E-state index < -0.39 is 16.5 Å². The Bertz CT molecular complexity index is 644. The molecule has 8 nitrogen and oxygen atoms in total. The summed E-state index contributed by atoms with van der Waals surface area (Å²) in [7, 11) is 0. The molecular weight excluding hydrogens is 286 g/mol. The average molecular weight is 303 g/mol. The first kappa shape index (κ1) is 15.9. The second-order valence-corrected chi connectivity index (χ2v) is 5.39. The molecule has 0 aliphatic carbocycles. The molecule has 116 valence electrons. The molecule has 1 fully saturated rings. The van der Waals surface area contributed by atoms with Gasteiger partial charge < -0.3 is 16.4 Å². The van der Waals surface area contributed by atoms with Gasteiger partial charge in [0.2, 0.25) is 5.91 Å². The number of nitro groups is 1. The molecule has 8 heteroatoms. The molecule has 0 aromatic heterocycles. The Labute approximate surface area is 127 Å². The third kappa shape index (κ3) is 2.90. The Morgan fingerprint density at radius 3 is 2.86 bits per heavy atom. The highest BCUT2D eigenvalue weighted by Gasteiger charge is 2.39. The third-order valence-corrected chi connectivity index (χ3v) is 3.78. The van der Waals surface area contributed by atoms with Crippen molar-refractivity contribution in [1.82, 2.24) is 10.6 Å². The van der Waals surface area contributed by atoms with Gasteiger partial charge in [0.05, 0.1) is 28.1 Å². The molecule has 4 N–H and O–H groups in total. The van der Waals surface area contributed by atoms with Gasteiger partial charge in [-0.3, -0.25) is 14.9 Å². The molecule has 1 aromatic rings. The zero-order valence-electron chi connectivity index (χ0n) is 12.1. The number of nitrogens with two attached hydrogens (primary N) is 1. The second-order valence-electron chi connectivity index (χ2n) is 5.39. The summed E-state index contributed by atoms with van der Waals surface area (Å²) in [5, 5.41) is 26.2. The van der Waals surface area contributed by atoms with E-state index in [-0.39, 0.29) is 17.2 Å². The maximum Gasteiger partial charge on any atom is 0.270 e. The van der Waals surface area contributed by atoms with Crippen molar-refractivity contribution in [2.45, 2.75) is 24.9 Å². The van der Waals surface area contributed by atoms with Crippen molar-refractivity contribution < 1.29 is 9.72 Å². The van der Waals surface area contributed by atoms with Crippen LogP contribution in [0.1, 0.15) is 24.5 Å². The molecule has 22 heavy (non-hydrogen) atoms. The first-order valence-electron chi connectivity index (χ1n) is 6.87. The summed E-state index contributed by atoms with van der Waals surface area (Å²) in [5.41, 5.74) is 5.43. The quantitative estimate of drug-likeness (QED) is 0.534. The number of nitrogens with zero attached hydrogens (tertiary/aromatic N) is 2. The topological polar surface area (TPSA) is 134 Å². The van der Waals surface area contributed by atoms with Crippen LogP contribution in [0.5, 0.6) is 0 Å². The molecule has 0 bridgehead atoms. The Kier molecular flexibility index (Phi) is 4.40. The van der Waals surface area contributed by atoms with E-state index in [4.69, 9.17) is 5.73 Å². The molecule has 2 rings (SSSR count). The monoisotopic (exact) mass is 303 g/mol. The molecule has 0 saturated carbocycles. The van der Waals surface area contributed by atoms with Gasteiger partial charge in [-0.25, -0.2) is 0 Å². The highest BCUT2D eigenvalue weighted by molar-refractivity contribution is 5.82. The van der Waals surface area contributed by atoms with Crippen LogP contribution in [-0.2, 0) is 10.3 Å². The van der Waals surface area contributed by atoms with E-state index >= 15 is 0 Å². The number of carbonyl (C=O) groups is 1. The van der Waals surface area contributed by atoms with E-state index in [1.54, 1.807) is 6.92 Å². The number of nitrogens with one attached hydrogen (secondary N) is 2. The van der Waals surface area contributed by atoms with Crippen molar-refractivity contribution in [3.05, 3.63) is 39.4 Å². The minimum atomic E-state index is -0.773. The minimum absolute atomic E-state index is 0.153. The molecule has 1 aliphatic heterocycles. The summed E-state index contributed by atoms with van der Waals surface area (Å²) in [6, 6.07) is 5.40. The van der Waals surface area contributed by atoms with E-state index in [9.17, 15) is 20.2 Å². The molecule has 0 radical (unpaired) electrons. The van der Waals surface area contributed by atoms with Gasteiger partial charge in [0.15, 0.2) is 0 Å². The fraction of sp³-hybridized carbons (Fsp3) is 0.429. The standard InChI is InChI=1S/C14H17N5O3/c1-9(16)13(20)18-14(4-5-17-8-14)12-3-2-11(19(21)22)6-10(12)7-15/h2-3,6,9,17H,4-5,8,16H2,1H3,(H,18,20)/t9-,14+/m0/s1. The molecule has 2 atom stereocenters. The number of non-ortho nitro benzene ring substituents is 1. The molecule has 0 unspecified atom stereocenters. The number of nitriles is 1. The van der Waals surface area contributed by atoms with E-state index in [0.29, 0.717) is 25.1 Å². The predicted molar refractivity (Wildman–Crippen MR) is 78.8 cm³/mol. The molecule has 1 amide bonds. The van der Waals surface area contributed by atoms with E-state index in [1.807, 2.05) is 6.07 Å². The zero-order chi connectivity index (χ0) is 16.3. The van der Waals surface area contributed by atoms with Crippen LogP contribution in [0.15, 0.2) is 18.2 Å². The van der Waals surface area contributed by atoms with Gasteiger partial charge in [-0.2, -0.15) is 5.26 Å². The molecule has 1 saturated heterocycles. The van der Waals surface area contributed by atoms with Gasteiger partial charge in [-0.1, -0.05) is 0 Å². The van der Waals surface area contributed by atoms with E-state index in [0.717, 1.165) is 0 Å². The van der Waals surface area contributed by atoms with Gasteiger partial charge >= 0.3 is 0 Å². The van der Waals surface area contributed by atoms with Crippen molar-refractivity contribution in [2.75, 3.05) is 13.1 Å². The normalized spacial score (nSPS) is 21.9. The largest absolute Gasteiger partial charge is 0.344 e. The maximum absolute atomic E-state index is 12.0. The molecule has 1 aromatic carbocycles. The summed E-state index contributed by atoms with van der Waals surface area (Å²) in [5.74, 6) is -0.328. The van der Waals surface area contributed by atoms with E-state index in [2.05, 4.69) is 10.6 Å². The van der Waals surface area contributed by atoms with Crippen molar-refractivity contribution >= 4 is 11.6 Å². The van der Waals surface area contributed by atoms with Gasteiger partial charge in [0.25, 0.3) is 5.69 Å². The first-order chi connectivity index (χ1) is 10.4. The number of rotatable bonds is 4. The maximum atomic E-state index is 12.0. The Hall–Kier alpha value is -2.50. The van der Waals surface area contributed by atoms with Crippen LogP contribution >= 0.6 is 0 Å². The van der Waals surface area contributed by atoms with Gasteiger partial charge in [-0.05, 0) is 31.5 Å².